The number of nitrogens with zero attached hydrogens (tertiary/aromatic N) is 1. The molecule has 1 fully saturated rings. The highest BCUT2D eigenvalue weighted by Gasteiger charge is 2.13. The van der Waals surface area contributed by atoms with E-state index in [0.29, 0.717) is 0 Å². The van der Waals surface area contributed by atoms with Crippen LogP contribution < -0.4 is 0 Å². The minimum absolute atomic E-state index is 0.756. The summed E-state index contributed by atoms with van der Waals surface area (Å²) in [4.78, 5) is 2.48. The summed E-state index contributed by atoms with van der Waals surface area (Å²) in [6.07, 6.45) is 11.1. The van der Waals surface area contributed by atoms with Crippen molar-refractivity contribution in [1.82, 2.24) is 4.90 Å². The number of rotatable bonds is 5. The number of methoxy groups -OCH3 is 1. The molecule has 3 nitrogen and oxygen atoms in total. The maximum absolute atomic E-state index is 5.80. The van der Waals surface area contributed by atoms with E-state index in [1.807, 2.05) is 6.08 Å². The van der Waals surface area contributed by atoms with Crippen LogP contribution in [0.25, 0.3) is 0 Å². The molecule has 1 saturated heterocycles. The highest BCUT2D eigenvalue weighted by molar-refractivity contribution is 5.28. The predicted octanol–water partition coefficient (Wildman–Crippen LogP) is 2.51. The minimum atomic E-state index is 0.756. The molecule has 0 unspecified atom stereocenters. The van der Waals surface area contributed by atoms with Crippen LogP contribution >= 0.6 is 0 Å². The Labute approximate surface area is 104 Å². The number of likely N-dealkylation sites (tertiary alicyclic amines) is 1. The van der Waals surface area contributed by atoms with Gasteiger partial charge in [-0.25, -0.2) is 0 Å². The maximum Gasteiger partial charge on any atom is 0.156 e. The van der Waals surface area contributed by atoms with Crippen molar-refractivity contribution in [3.63, 3.8) is 0 Å². The van der Waals surface area contributed by atoms with Gasteiger partial charge in [0.15, 0.2) is 11.5 Å². The van der Waals surface area contributed by atoms with E-state index in [-0.39, 0.29) is 0 Å². The lowest BCUT2D eigenvalue weighted by Gasteiger charge is -2.26. The fraction of sp³-hybridized carbons (Fsp3) is 0.643. The first-order chi connectivity index (χ1) is 8.40. The van der Waals surface area contributed by atoms with Crippen LogP contribution in [-0.4, -0.2) is 38.3 Å². The molecule has 0 bridgehead atoms. The van der Waals surface area contributed by atoms with Crippen molar-refractivity contribution in [1.29, 1.82) is 0 Å². The highest BCUT2D eigenvalue weighted by atomic mass is 16.5. The lowest BCUT2D eigenvalue weighted by molar-refractivity contribution is 0.129. The largest absolute Gasteiger partial charge is 0.493 e. The summed E-state index contributed by atoms with van der Waals surface area (Å²) in [6.45, 7) is 4.23. The second-order valence-corrected chi connectivity index (χ2v) is 4.53. The van der Waals surface area contributed by atoms with Crippen LogP contribution in [0.4, 0.5) is 0 Å². The van der Waals surface area contributed by atoms with Crippen LogP contribution in [0.3, 0.4) is 0 Å². The Balaban J connectivity index is 1.70. The first kappa shape index (κ1) is 12.5. The van der Waals surface area contributed by atoms with Gasteiger partial charge in [0.2, 0.25) is 0 Å². The highest BCUT2D eigenvalue weighted by Crippen LogP contribution is 2.19. The van der Waals surface area contributed by atoms with Gasteiger partial charge in [-0.3, -0.25) is 4.90 Å². The molecule has 0 amide bonds. The zero-order valence-electron chi connectivity index (χ0n) is 10.7. The van der Waals surface area contributed by atoms with Gasteiger partial charge in [-0.1, -0.05) is 6.42 Å². The van der Waals surface area contributed by atoms with Crippen LogP contribution in [0.5, 0.6) is 0 Å². The van der Waals surface area contributed by atoms with E-state index < -0.39 is 0 Å². The van der Waals surface area contributed by atoms with Crippen LogP contribution in [0.1, 0.15) is 25.7 Å². The summed E-state index contributed by atoms with van der Waals surface area (Å²) in [5, 5.41) is 0. The molecule has 0 saturated carbocycles. The number of allylic oxidation sites excluding steroid dienone is 2. The van der Waals surface area contributed by atoms with Gasteiger partial charge in [0, 0.05) is 6.54 Å². The molecule has 0 spiro atoms. The van der Waals surface area contributed by atoms with E-state index in [2.05, 4.69) is 17.4 Å². The summed E-state index contributed by atoms with van der Waals surface area (Å²) in [5.74, 6) is 1.74. The van der Waals surface area contributed by atoms with Gasteiger partial charge in [-0.15, -0.1) is 0 Å². The van der Waals surface area contributed by atoms with E-state index in [0.717, 1.165) is 31.1 Å². The molecule has 2 rings (SSSR count). The van der Waals surface area contributed by atoms with Gasteiger partial charge < -0.3 is 9.47 Å². The Kier molecular flexibility index (Phi) is 4.92. The molecule has 0 aromatic rings. The van der Waals surface area contributed by atoms with Crippen molar-refractivity contribution in [2.45, 2.75) is 25.7 Å². The number of piperidine rings is 1. The van der Waals surface area contributed by atoms with E-state index in [4.69, 9.17) is 9.47 Å². The molecular formula is C14H22NO2. The average Bonchev–Trinajstić information content (AvgIpc) is 2.40. The molecule has 0 aromatic carbocycles. The van der Waals surface area contributed by atoms with E-state index in [9.17, 15) is 0 Å². The first-order valence-corrected chi connectivity index (χ1v) is 6.53. The topological polar surface area (TPSA) is 21.7 Å². The summed E-state index contributed by atoms with van der Waals surface area (Å²) < 4.78 is 11.1. The van der Waals surface area contributed by atoms with Gasteiger partial charge in [0.05, 0.1) is 7.11 Å². The molecule has 1 radical (unpaired) electrons. The van der Waals surface area contributed by atoms with Crippen LogP contribution in [0.15, 0.2) is 23.7 Å². The van der Waals surface area contributed by atoms with Crippen molar-refractivity contribution in [3.05, 3.63) is 30.1 Å². The molecule has 3 heteroatoms. The third kappa shape index (κ3) is 3.77. The molecule has 1 aliphatic carbocycles. The Morgan fingerprint density at radius 1 is 1.18 bits per heavy atom. The molecule has 1 aliphatic heterocycles. The quantitative estimate of drug-likeness (QED) is 0.732. The average molecular weight is 236 g/mol. The summed E-state index contributed by atoms with van der Waals surface area (Å²) in [6, 6.07) is 0. The van der Waals surface area contributed by atoms with Gasteiger partial charge in [-0.2, -0.15) is 0 Å². The Hall–Kier alpha value is -0.960. The van der Waals surface area contributed by atoms with Crippen LogP contribution in [0, 0.1) is 6.42 Å². The smallest absolute Gasteiger partial charge is 0.156 e. The number of ether oxygens (including phenoxy) is 2. The third-order valence-corrected chi connectivity index (χ3v) is 3.29. The molecular weight excluding hydrogens is 214 g/mol. The van der Waals surface area contributed by atoms with Crippen LogP contribution in [0.2, 0.25) is 0 Å². The summed E-state index contributed by atoms with van der Waals surface area (Å²) >= 11 is 0. The molecule has 2 aliphatic rings. The zero-order valence-corrected chi connectivity index (χ0v) is 10.7. The molecule has 95 valence electrons. The SMILES string of the molecule is COC1=C[CH]CC=C1OCCN1CCCCC1. The van der Waals surface area contributed by atoms with E-state index in [1.54, 1.807) is 7.11 Å². The Morgan fingerprint density at radius 2 is 2.00 bits per heavy atom. The fourth-order valence-electron chi connectivity index (χ4n) is 2.30. The van der Waals surface area contributed by atoms with Gasteiger partial charge in [0.25, 0.3) is 0 Å². The minimum Gasteiger partial charge on any atom is -0.493 e. The molecule has 0 N–H and O–H groups in total. The van der Waals surface area contributed by atoms with Crippen molar-refractivity contribution >= 4 is 0 Å². The standard InChI is InChI=1S/C14H22NO2/c1-16-13-7-3-4-8-14(13)17-12-11-15-9-5-2-6-10-15/h3,7-8H,2,4-6,9-12H2,1H3. The van der Waals surface area contributed by atoms with Gasteiger partial charge in [0.1, 0.15) is 6.61 Å². The monoisotopic (exact) mass is 236 g/mol. The van der Waals surface area contributed by atoms with Crippen molar-refractivity contribution in [2.24, 2.45) is 0 Å². The normalized spacial score (nSPS) is 21.7. The zero-order chi connectivity index (χ0) is 11.9. The molecule has 17 heavy (non-hydrogen) atoms. The first-order valence-electron chi connectivity index (χ1n) is 6.53. The summed E-state index contributed by atoms with van der Waals surface area (Å²) in [5.41, 5.74) is 0. The molecule has 1 heterocycles. The van der Waals surface area contributed by atoms with Crippen molar-refractivity contribution in [3.8, 4) is 0 Å². The fourth-order valence-corrected chi connectivity index (χ4v) is 2.30. The van der Waals surface area contributed by atoms with Crippen LogP contribution in [-0.2, 0) is 9.47 Å². The summed E-state index contributed by atoms with van der Waals surface area (Å²) in [7, 11) is 1.69. The van der Waals surface area contributed by atoms with Crippen molar-refractivity contribution < 1.29 is 9.47 Å². The Morgan fingerprint density at radius 3 is 2.76 bits per heavy atom. The lowest BCUT2D eigenvalue weighted by atomic mass is 10.1. The lowest BCUT2D eigenvalue weighted by Crippen LogP contribution is -2.32. The van der Waals surface area contributed by atoms with Gasteiger partial charge >= 0.3 is 0 Å². The number of hydrogen-bond acceptors (Lipinski definition) is 3. The second-order valence-electron chi connectivity index (χ2n) is 4.53. The number of hydrogen-bond donors (Lipinski definition) is 0. The third-order valence-electron chi connectivity index (χ3n) is 3.29. The second kappa shape index (κ2) is 6.70. The van der Waals surface area contributed by atoms with Gasteiger partial charge in [-0.05, 0) is 50.9 Å². The van der Waals surface area contributed by atoms with Crippen molar-refractivity contribution in [2.75, 3.05) is 33.4 Å². The molecule has 0 atom stereocenters. The predicted molar refractivity (Wildman–Crippen MR) is 68.3 cm³/mol. The Bertz CT molecular complexity index is 291. The molecule has 0 aromatic heterocycles. The maximum atomic E-state index is 5.80. The van der Waals surface area contributed by atoms with E-state index >= 15 is 0 Å². The van der Waals surface area contributed by atoms with E-state index in [1.165, 1.54) is 32.4 Å².